The third kappa shape index (κ3) is 5.71. The zero-order chi connectivity index (χ0) is 13.2. The van der Waals surface area contributed by atoms with E-state index in [1.165, 1.54) is 11.8 Å². The first-order valence-corrected chi connectivity index (χ1v) is 6.84. The number of nitrogens with one attached hydrogen (secondary N) is 1. The van der Waals surface area contributed by atoms with E-state index in [0.29, 0.717) is 24.5 Å². The second-order valence-electron chi connectivity index (χ2n) is 3.70. The van der Waals surface area contributed by atoms with Gasteiger partial charge < -0.3 is 10.4 Å². The normalized spacial score (nSPS) is 11.6. The average Bonchev–Trinajstić information content (AvgIpc) is 2.40. The fourth-order valence-electron chi connectivity index (χ4n) is 1.34. The minimum absolute atomic E-state index is 0.101. The lowest BCUT2D eigenvalue weighted by atomic mass is 10.1. The van der Waals surface area contributed by atoms with Crippen LogP contribution >= 0.6 is 11.8 Å². The maximum atomic E-state index is 11.3. The second kappa shape index (κ2) is 8.56. The molecule has 1 aromatic rings. The molecule has 0 aliphatic heterocycles. The molecule has 0 aliphatic carbocycles. The molecule has 0 aliphatic rings. The van der Waals surface area contributed by atoms with Gasteiger partial charge in [0.25, 0.3) is 0 Å². The highest BCUT2D eigenvalue weighted by Crippen LogP contribution is 2.17. The number of aliphatic hydroxyl groups excluding tert-OH is 1. The molecule has 1 atom stereocenters. The molecule has 4 nitrogen and oxygen atoms in total. The van der Waals surface area contributed by atoms with Crippen molar-refractivity contribution < 1.29 is 9.90 Å². The van der Waals surface area contributed by atoms with Crippen LogP contribution in [0.2, 0.25) is 0 Å². The van der Waals surface area contributed by atoms with Crippen molar-refractivity contribution in [1.29, 1.82) is 5.26 Å². The molecule has 18 heavy (non-hydrogen) atoms. The van der Waals surface area contributed by atoms with Crippen molar-refractivity contribution in [2.45, 2.75) is 12.5 Å². The summed E-state index contributed by atoms with van der Waals surface area (Å²) in [5, 5.41) is 20.8. The molecule has 0 saturated carbocycles. The zero-order valence-corrected chi connectivity index (χ0v) is 10.8. The van der Waals surface area contributed by atoms with Crippen LogP contribution in [0.5, 0.6) is 0 Å². The topological polar surface area (TPSA) is 73.1 Å². The van der Waals surface area contributed by atoms with E-state index >= 15 is 0 Å². The molecule has 1 aromatic carbocycles. The third-order valence-electron chi connectivity index (χ3n) is 2.25. The molecule has 0 radical (unpaired) electrons. The minimum Gasteiger partial charge on any atom is -0.388 e. The van der Waals surface area contributed by atoms with Gasteiger partial charge in [0.15, 0.2) is 0 Å². The molecule has 0 fully saturated rings. The first-order valence-electron chi connectivity index (χ1n) is 5.68. The molecule has 1 rings (SSSR count). The lowest BCUT2D eigenvalue weighted by Crippen LogP contribution is -2.26. The van der Waals surface area contributed by atoms with E-state index in [0.717, 1.165) is 5.56 Å². The van der Waals surface area contributed by atoms with Crippen LogP contribution in [-0.4, -0.2) is 29.1 Å². The summed E-state index contributed by atoms with van der Waals surface area (Å²) < 4.78 is 0. The molecule has 0 saturated heterocycles. The van der Waals surface area contributed by atoms with E-state index in [1.807, 2.05) is 36.4 Å². The monoisotopic (exact) mass is 264 g/mol. The Kier molecular flexibility index (Phi) is 6.92. The SMILES string of the molecule is N#CCCNC(=O)CSC[C@@H](O)c1ccccc1. The molecule has 96 valence electrons. The Hall–Kier alpha value is -1.51. The van der Waals surface area contributed by atoms with E-state index in [9.17, 15) is 9.90 Å². The van der Waals surface area contributed by atoms with Crippen LogP contribution in [0.4, 0.5) is 0 Å². The van der Waals surface area contributed by atoms with Crippen LogP contribution in [-0.2, 0) is 4.79 Å². The van der Waals surface area contributed by atoms with Gasteiger partial charge >= 0.3 is 0 Å². The fourth-order valence-corrected chi connectivity index (χ4v) is 2.16. The lowest BCUT2D eigenvalue weighted by Gasteiger charge is -2.10. The van der Waals surface area contributed by atoms with Gasteiger partial charge in [-0.25, -0.2) is 0 Å². The van der Waals surface area contributed by atoms with Gasteiger partial charge in [-0.15, -0.1) is 11.8 Å². The molecule has 5 heteroatoms. The molecule has 0 heterocycles. The number of hydrogen-bond donors (Lipinski definition) is 2. The van der Waals surface area contributed by atoms with Crippen LogP contribution in [0.3, 0.4) is 0 Å². The van der Waals surface area contributed by atoms with E-state index in [4.69, 9.17) is 5.26 Å². The summed E-state index contributed by atoms with van der Waals surface area (Å²) >= 11 is 1.38. The Morgan fingerprint density at radius 2 is 2.17 bits per heavy atom. The van der Waals surface area contributed by atoms with E-state index < -0.39 is 6.10 Å². The molecule has 0 bridgehead atoms. The highest BCUT2D eigenvalue weighted by atomic mass is 32.2. The Morgan fingerprint density at radius 3 is 2.83 bits per heavy atom. The van der Waals surface area contributed by atoms with E-state index in [-0.39, 0.29) is 5.91 Å². The number of benzene rings is 1. The number of nitrogens with zero attached hydrogens (tertiary/aromatic N) is 1. The number of amides is 1. The molecule has 0 unspecified atom stereocenters. The summed E-state index contributed by atoms with van der Waals surface area (Å²) in [7, 11) is 0. The minimum atomic E-state index is -0.553. The van der Waals surface area contributed by atoms with Crippen molar-refractivity contribution in [3.8, 4) is 6.07 Å². The number of carbonyl (C=O) groups excluding carboxylic acids is 1. The smallest absolute Gasteiger partial charge is 0.230 e. The Bertz CT molecular complexity index is 403. The van der Waals surface area contributed by atoms with Crippen LogP contribution in [0, 0.1) is 11.3 Å². The van der Waals surface area contributed by atoms with Crippen molar-refractivity contribution >= 4 is 17.7 Å². The fraction of sp³-hybridized carbons (Fsp3) is 0.385. The van der Waals surface area contributed by atoms with Gasteiger partial charge in [0, 0.05) is 12.3 Å². The number of aliphatic hydroxyl groups is 1. The zero-order valence-electron chi connectivity index (χ0n) is 10.0. The van der Waals surface area contributed by atoms with Gasteiger partial charge in [0.1, 0.15) is 0 Å². The Morgan fingerprint density at radius 1 is 1.44 bits per heavy atom. The quantitative estimate of drug-likeness (QED) is 0.732. The number of nitriles is 1. The van der Waals surface area contributed by atoms with Crippen LogP contribution in [0.25, 0.3) is 0 Å². The lowest BCUT2D eigenvalue weighted by molar-refractivity contribution is -0.118. The number of rotatable bonds is 7. The molecule has 0 aromatic heterocycles. The highest BCUT2D eigenvalue weighted by Gasteiger charge is 2.08. The second-order valence-corrected chi connectivity index (χ2v) is 4.73. The molecule has 2 N–H and O–H groups in total. The largest absolute Gasteiger partial charge is 0.388 e. The summed E-state index contributed by atoms with van der Waals surface area (Å²) in [5.74, 6) is 0.681. The van der Waals surface area contributed by atoms with Gasteiger partial charge in [0.2, 0.25) is 5.91 Å². The summed E-state index contributed by atoms with van der Waals surface area (Å²) in [5.41, 5.74) is 0.856. The maximum Gasteiger partial charge on any atom is 0.230 e. The van der Waals surface area contributed by atoms with Crippen LogP contribution in [0.1, 0.15) is 18.1 Å². The van der Waals surface area contributed by atoms with E-state index in [2.05, 4.69) is 5.32 Å². The van der Waals surface area contributed by atoms with Gasteiger partial charge in [-0.3, -0.25) is 4.79 Å². The summed E-state index contributed by atoms with van der Waals surface area (Å²) in [6.07, 6.45) is -0.230. The van der Waals surface area contributed by atoms with Crippen molar-refractivity contribution in [1.82, 2.24) is 5.32 Å². The van der Waals surface area contributed by atoms with Crippen molar-refractivity contribution in [3.63, 3.8) is 0 Å². The first-order chi connectivity index (χ1) is 8.74. The first kappa shape index (κ1) is 14.6. The van der Waals surface area contributed by atoms with Gasteiger partial charge in [-0.05, 0) is 5.56 Å². The van der Waals surface area contributed by atoms with Crippen LogP contribution < -0.4 is 5.32 Å². The summed E-state index contributed by atoms with van der Waals surface area (Å²) in [6.45, 7) is 0.386. The van der Waals surface area contributed by atoms with E-state index in [1.54, 1.807) is 0 Å². The number of carbonyl (C=O) groups is 1. The third-order valence-corrected chi connectivity index (χ3v) is 3.27. The molecular weight excluding hydrogens is 248 g/mol. The van der Waals surface area contributed by atoms with Gasteiger partial charge in [-0.2, -0.15) is 5.26 Å². The Balaban J connectivity index is 2.18. The number of thioether (sulfide) groups is 1. The highest BCUT2D eigenvalue weighted by molar-refractivity contribution is 7.99. The van der Waals surface area contributed by atoms with Gasteiger partial charge in [0.05, 0.1) is 24.3 Å². The predicted octanol–water partition coefficient (Wildman–Crippen LogP) is 1.48. The van der Waals surface area contributed by atoms with Gasteiger partial charge in [-0.1, -0.05) is 30.3 Å². The summed E-state index contributed by atoms with van der Waals surface area (Å²) in [6, 6.07) is 11.3. The molecule has 0 spiro atoms. The predicted molar refractivity (Wildman–Crippen MR) is 72.0 cm³/mol. The van der Waals surface area contributed by atoms with Crippen molar-refractivity contribution in [2.24, 2.45) is 0 Å². The Labute approximate surface area is 111 Å². The molecule has 1 amide bonds. The standard InChI is InChI=1S/C13H16N2O2S/c14-7-4-8-15-13(17)10-18-9-12(16)11-5-2-1-3-6-11/h1-3,5-6,12,16H,4,8-10H2,(H,15,17)/t12-/m1/s1. The number of hydrogen-bond acceptors (Lipinski definition) is 4. The van der Waals surface area contributed by atoms with Crippen LogP contribution in [0.15, 0.2) is 30.3 Å². The maximum absolute atomic E-state index is 11.3. The average molecular weight is 264 g/mol. The van der Waals surface area contributed by atoms with Crippen molar-refractivity contribution in [2.75, 3.05) is 18.1 Å². The van der Waals surface area contributed by atoms with Crippen molar-refractivity contribution in [3.05, 3.63) is 35.9 Å². The molecular formula is C13H16N2O2S. The summed E-state index contributed by atoms with van der Waals surface area (Å²) in [4.78, 5) is 11.3.